The summed E-state index contributed by atoms with van der Waals surface area (Å²) in [7, 11) is 3.19. The van der Waals surface area contributed by atoms with Gasteiger partial charge in [0.05, 0.1) is 19.1 Å². The van der Waals surface area contributed by atoms with Crippen molar-refractivity contribution in [2.24, 2.45) is 11.3 Å². The lowest BCUT2D eigenvalue weighted by atomic mass is 9.68. The molecule has 0 aromatic heterocycles. The number of piperidine rings is 1. The first kappa shape index (κ1) is 15.7. The van der Waals surface area contributed by atoms with Gasteiger partial charge < -0.3 is 14.6 Å². The number of rotatable bonds is 6. The number of carbonyl (C=O) groups is 1. The number of aliphatic hydroxyl groups excluding tert-OH is 1. The molecule has 2 fully saturated rings. The van der Waals surface area contributed by atoms with E-state index in [1.807, 2.05) is 0 Å². The Morgan fingerprint density at radius 3 is 2.65 bits per heavy atom. The summed E-state index contributed by atoms with van der Waals surface area (Å²) < 4.78 is 10.3. The van der Waals surface area contributed by atoms with Gasteiger partial charge in [-0.3, -0.25) is 9.69 Å². The van der Waals surface area contributed by atoms with Crippen molar-refractivity contribution in [2.45, 2.75) is 38.1 Å². The molecule has 2 unspecified atom stereocenters. The fourth-order valence-electron chi connectivity index (χ4n) is 3.56. The third-order valence-electron chi connectivity index (χ3n) is 5.00. The highest BCUT2D eigenvalue weighted by molar-refractivity contribution is 5.78. The number of ether oxygens (including phenoxy) is 2. The first-order valence-corrected chi connectivity index (χ1v) is 7.57. The van der Waals surface area contributed by atoms with Gasteiger partial charge in [-0.25, -0.2) is 0 Å². The maximum absolute atomic E-state index is 12.1. The molecule has 5 nitrogen and oxygen atoms in total. The van der Waals surface area contributed by atoms with Crippen LogP contribution in [-0.4, -0.2) is 62.5 Å². The van der Waals surface area contributed by atoms with Gasteiger partial charge in [-0.05, 0) is 38.1 Å². The minimum Gasteiger partial charge on any atom is -0.469 e. The second kappa shape index (κ2) is 6.87. The minimum atomic E-state index is -0.299. The average Bonchev–Trinajstić information content (AvgIpc) is 2.43. The van der Waals surface area contributed by atoms with Crippen LogP contribution in [0.15, 0.2) is 0 Å². The van der Waals surface area contributed by atoms with E-state index in [4.69, 9.17) is 9.47 Å². The summed E-state index contributed by atoms with van der Waals surface area (Å²) in [5.41, 5.74) is -0.299. The van der Waals surface area contributed by atoms with Crippen molar-refractivity contribution < 1.29 is 19.4 Å². The molecular weight excluding hydrogens is 258 g/mol. The van der Waals surface area contributed by atoms with Crippen molar-refractivity contribution in [2.75, 3.05) is 40.5 Å². The van der Waals surface area contributed by atoms with E-state index in [0.717, 1.165) is 45.2 Å². The Kier molecular flexibility index (Phi) is 5.41. The summed E-state index contributed by atoms with van der Waals surface area (Å²) in [5, 5.41) is 9.35. The van der Waals surface area contributed by atoms with E-state index >= 15 is 0 Å². The highest BCUT2D eigenvalue weighted by Crippen LogP contribution is 2.43. The van der Waals surface area contributed by atoms with Crippen molar-refractivity contribution in [1.82, 2.24) is 4.90 Å². The van der Waals surface area contributed by atoms with Crippen LogP contribution in [0.1, 0.15) is 32.1 Å². The van der Waals surface area contributed by atoms with Crippen LogP contribution in [-0.2, 0) is 14.3 Å². The number of nitrogens with zero attached hydrogens (tertiary/aromatic N) is 1. The molecular formula is C15H27NO4. The first-order valence-electron chi connectivity index (χ1n) is 7.57. The van der Waals surface area contributed by atoms with Gasteiger partial charge in [0, 0.05) is 26.3 Å². The molecule has 20 heavy (non-hydrogen) atoms. The summed E-state index contributed by atoms with van der Waals surface area (Å²) in [4.78, 5) is 14.4. The smallest absolute Gasteiger partial charge is 0.313 e. The van der Waals surface area contributed by atoms with E-state index in [1.54, 1.807) is 7.11 Å². The number of carbonyl (C=O) groups excluding carboxylic acids is 1. The zero-order chi connectivity index (χ0) is 14.6. The highest BCUT2D eigenvalue weighted by atomic mass is 16.5. The van der Waals surface area contributed by atoms with Gasteiger partial charge in [-0.2, -0.15) is 0 Å². The summed E-state index contributed by atoms with van der Waals surface area (Å²) in [6.45, 7) is 2.60. The number of likely N-dealkylation sites (tertiary alicyclic amines) is 1. The molecule has 2 atom stereocenters. The number of aliphatic hydroxyl groups is 1. The molecule has 0 aromatic carbocycles. The van der Waals surface area contributed by atoms with Crippen molar-refractivity contribution in [3.05, 3.63) is 0 Å². The van der Waals surface area contributed by atoms with Crippen molar-refractivity contribution in [3.63, 3.8) is 0 Å². The van der Waals surface area contributed by atoms with E-state index in [1.165, 1.54) is 7.11 Å². The fraction of sp³-hybridized carbons (Fsp3) is 0.933. The first-order chi connectivity index (χ1) is 9.65. The Morgan fingerprint density at radius 2 is 2.15 bits per heavy atom. The molecule has 0 bridgehead atoms. The summed E-state index contributed by atoms with van der Waals surface area (Å²) in [5.74, 6) is 0.297. The molecule has 0 radical (unpaired) electrons. The summed E-state index contributed by atoms with van der Waals surface area (Å²) in [6.07, 6.45) is 4.91. The normalized spacial score (nSPS) is 29.8. The zero-order valence-electron chi connectivity index (χ0n) is 12.6. The van der Waals surface area contributed by atoms with Crippen LogP contribution in [0.25, 0.3) is 0 Å². The van der Waals surface area contributed by atoms with Crippen LogP contribution in [0.4, 0.5) is 0 Å². The molecule has 1 N–H and O–H groups in total. The highest BCUT2D eigenvalue weighted by Gasteiger charge is 2.47. The van der Waals surface area contributed by atoms with Gasteiger partial charge in [0.15, 0.2) is 0 Å². The molecule has 2 aliphatic rings. The molecule has 1 heterocycles. The molecule has 5 heteroatoms. The van der Waals surface area contributed by atoms with E-state index < -0.39 is 0 Å². The fourth-order valence-corrected chi connectivity index (χ4v) is 3.56. The molecule has 0 amide bonds. The maximum Gasteiger partial charge on any atom is 0.313 e. The number of hydrogen-bond donors (Lipinski definition) is 1. The Bertz CT molecular complexity index is 330. The van der Waals surface area contributed by atoms with Gasteiger partial charge in [0.1, 0.15) is 0 Å². The van der Waals surface area contributed by atoms with Gasteiger partial charge in [-0.1, -0.05) is 6.42 Å². The van der Waals surface area contributed by atoms with Gasteiger partial charge in [0.25, 0.3) is 0 Å². The van der Waals surface area contributed by atoms with Gasteiger partial charge in [0.2, 0.25) is 0 Å². The van der Waals surface area contributed by atoms with Crippen LogP contribution in [0.2, 0.25) is 0 Å². The van der Waals surface area contributed by atoms with Gasteiger partial charge >= 0.3 is 5.97 Å². The van der Waals surface area contributed by atoms with E-state index in [9.17, 15) is 9.90 Å². The van der Waals surface area contributed by atoms with Crippen molar-refractivity contribution in [3.8, 4) is 0 Å². The Morgan fingerprint density at radius 1 is 1.40 bits per heavy atom. The largest absolute Gasteiger partial charge is 0.469 e. The van der Waals surface area contributed by atoms with E-state index in [2.05, 4.69) is 4.90 Å². The predicted octanol–water partition coefficient (Wildman–Crippen LogP) is 1.05. The average molecular weight is 285 g/mol. The van der Waals surface area contributed by atoms with Crippen LogP contribution in [0.5, 0.6) is 0 Å². The second-order valence-corrected chi connectivity index (χ2v) is 6.28. The quantitative estimate of drug-likeness (QED) is 0.739. The molecule has 116 valence electrons. The zero-order valence-corrected chi connectivity index (χ0v) is 12.6. The van der Waals surface area contributed by atoms with Crippen LogP contribution in [0, 0.1) is 11.3 Å². The van der Waals surface area contributed by atoms with E-state index in [0.29, 0.717) is 18.6 Å². The Hall–Kier alpha value is -0.650. The molecule has 1 saturated carbocycles. The lowest BCUT2D eigenvalue weighted by Crippen LogP contribution is -2.54. The lowest BCUT2D eigenvalue weighted by molar-refractivity contribution is -0.161. The number of methoxy groups -OCH3 is 2. The molecule has 2 rings (SSSR count). The second-order valence-electron chi connectivity index (χ2n) is 6.28. The lowest BCUT2D eigenvalue weighted by Gasteiger charge is -2.47. The Labute approximate surface area is 121 Å². The minimum absolute atomic E-state index is 0.0656. The Balaban J connectivity index is 2.00. The summed E-state index contributed by atoms with van der Waals surface area (Å²) in [6, 6.07) is 0.299. The summed E-state index contributed by atoms with van der Waals surface area (Å²) >= 11 is 0. The maximum atomic E-state index is 12.1. The topological polar surface area (TPSA) is 59.0 Å². The van der Waals surface area contributed by atoms with Crippen LogP contribution < -0.4 is 0 Å². The predicted molar refractivity (Wildman–Crippen MR) is 75.3 cm³/mol. The van der Waals surface area contributed by atoms with Crippen LogP contribution in [0.3, 0.4) is 0 Å². The third kappa shape index (κ3) is 3.15. The van der Waals surface area contributed by atoms with Crippen molar-refractivity contribution in [1.29, 1.82) is 0 Å². The van der Waals surface area contributed by atoms with Crippen LogP contribution >= 0.6 is 0 Å². The molecule has 1 aliphatic carbocycles. The molecule has 0 aromatic rings. The third-order valence-corrected chi connectivity index (χ3v) is 5.00. The van der Waals surface area contributed by atoms with Crippen molar-refractivity contribution >= 4 is 5.97 Å². The monoisotopic (exact) mass is 285 g/mol. The molecule has 1 saturated heterocycles. The number of esters is 1. The standard InChI is InChI=1S/C15H27NO4/c1-19-10-13-8-12(9-17)4-7-16(13)11-15(5-3-6-15)14(18)20-2/h12-13,17H,3-11H2,1-2H3. The van der Waals surface area contributed by atoms with Gasteiger partial charge in [-0.15, -0.1) is 0 Å². The molecule has 0 spiro atoms. The number of hydrogen-bond acceptors (Lipinski definition) is 5. The van der Waals surface area contributed by atoms with E-state index in [-0.39, 0.29) is 18.0 Å². The SMILES string of the molecule is COCC1CC(CO)CCN1CC1(C(=O)OC)CCC1. The molecule has 1 aliphatic heterocycles.